The summed E-state index contributed by atoms with van der Waals surface area (Å²) in [5.41, 5.74) is 3.91. The number of piperidine rings is 1. The first kappa shape index (κ1) is 18.7. The topological polar surface area (TPSA) is 92.4 Å². The molecule has 3 aromatic rings. The number of ether oxygens (including phenoxy) is 2. The molecule has 9 heteroatoms. The van der Waals surface area contributed by atoms with Crippen LogP contribution in [0.3, 0.4) is 0 Å². The number of methoxy groups -OCH3 is 2. The summed E-state index contributed by atoms with van der Waals surface area (Å²) in [5, 5.41) is 3.76. The van der Waals surface area contributed by atoms with Crippen molar-refractivity contribution in [2.45, 2.75) is 12.8 Å². The first-order valence-electron chi connectivity index (χ1n) is 9.14. The monoisotopic (exact) mass is 401 g/mol. The molecule has 0 bridgehead atoms. The molecule has 1 aliphatic rings. The maximum atomic E-state index is 12.7. The normalized spacial score (nSPS) is 15.7. The molecule has 0 radical (unpaired) electrons. The summed E-state index contributed by atoms with van der Waals surface area (Å²) in [6.45, 7) is 1.89. The number of aromatic nitrogens is 3. The molecule has 1 amide bonds. The van der Waals surface area contributed by atoms with Gasteiger partial charge in [-0.05, 0) is 33.0 Å². The second kappa shape index (κ2) is 7.76. The lowest BCUT2D eigenvalue weighted by molar-refractivity contribution is -0.121. The van der Waals surface area contributed by atoms with E-state index in [1.807, 2.05) is 12.1 Å². The molecule has 2 aromatic heterocycles. The van der Waals surface area contributed by atoms with Gasteiger partial charge in [0.1, 0.15) is 10.7 Å². The Labute approximate surface area is 166 Å². The van der Waals surface area contributed by atoms with Crippen LogP contribution in [0.25, 0.3) is 22.6 Å². The first-order chi connectivity index (χ1) is 13.6. The van der Waals surface area contributed by atoms with Crippen LogP contribution in [0.2, 0.25) is 0 Å². The smallest absolute Gasteiger partial charge is 0.228 e. The van der Waals surface area contributed by atoms with E-state index in [4.69, 9.17) is 9.47 Å². The molecular formula is C19H23N5O3S. The van der Waals surface area contributed by atoms with Crippen molar-refractivity contribution in [3.05, 3.63) is 17.6 Å². The molecule has 1 aromatic carbocycles. The lowest BCUT2D eigenvalue weighted by Crippen LogP contribution is -2.35. The van der Waals surface area contributed by atoms with E-state index in [0.29, 0.717) is 28.0 Å². The van der Waals surface area contributed by atoms with Gasteiger partial charge in [0.2, 0.25) is 5.91 Å². The highest BCUT2D eigenvalue weighted by molar-refractivity contribution is 7.14. The average Bonchev–Trinajstić information content (AvgIpc) is 3.33. The number of carbonyl (C=O) groups is 1. The SMILES string of the molecule is COc1cc2nc(-c3ncsc3NC(=O)C3CCN(C)CC3)[nH]c2cc1OC. The van der Waals surface area contributed by atoms with E-state index in [2.05, 4.69) is 32.2 Å². The number of carbonyl (C=O) groups excluding carboxylic acids is 1. The van der Waals surface area contributed by atoms with Gasteiger partial charge < -0.3 is 24.7 Å². The van der Waals surface area contributed by atoms with Crippen LogP contribution in [-0.2, 0) is 4.79 Å². The van der Waals surface area contributed by atoms with Crippen LogP contribution >= 0.6 is 11.3 Å². The van der Waals surface area contributed by atoms with Gasteiger partial charge in [-0.3, -0.25) is 4.79 Å². The molecule has 8 nitrogen and oxygen atoms in total. The molecule has 0 aliphatic carbocycles. The largest absolute Gasteiger partial charge is 0.493 e. The van der Waals surface area contributed by atoms with Crippen molar-refractivity contribution in [2.75, 3.05) is 39.7 Å². The van der Waals surface area contributed by atoms with E-state index in [1.165, 1.54) is 11.3 Å². The third kappa shape index (κ3) is 3.55. The van der Waals surface area contributed by atoms with Crippen LogP contribution in [0.1, 0.15) is 12.8 Å². The Kier molecular flexibility index (Phi) is 5.19. The summed E-state index contributed by atoms with van der Waals surface area (Å²) >= 11 is 1.40. The van der Waals surface area contributed by atoms with Gasteiger partial charge in [-0.15, -0.1) is 11.3 Å². The summed E-state index contributed by atoms with van der Waals surface area (Å²) in [4.78, 5) is 27.2. The second-order valence-electron chi connectivity index (χ2n) is 6.91. The molecule has 28 heavy (non-hydrogen) atoms. The maximum Gasteiger partial charge on any atom is 0.228 e. The van der Waals surface area contributed by atoms with E-state index >= 15 is 0 Å². The number of hydrogen-bond donors (Lipinski definition) is 2. The molecule has 2 N–H and O–H groups in total. The summed E-state index contributed by atoms with van der Waals surface area (Å²) in [7, 11) is 5.27. The van der Waals surface area contributed by atoms with Gasteiger partial charge in [0, 0.05) is 18.1 Å². The third-order valence-electron chi connectivity index (χ3n) is 5.11. The van der Waals surface area contributed by atoms with Crippen LogP contribution in [0.4, 0.5) is 5.00 Å². The zero-order chi connectivity index (χ0) is 19.7. The Morgan fingerprint density at radius 2 is 1.96 bits per heavy atom. The number of thiazole rings is 1. The zero-order valence-corrected chi connectivity index (χ0v) is 16.9. The number of hydrogen-bond acceptors (Lipinski definition) is 7. The van der Waals surface area contributed by atoms with Crippen molar-refractivity contribution < 1.29 is 14.3 Å². The van der Waals surface area contributed by atoms with Crippen LogP contribution in [0.15, 0.2) is 17.6 Å². The average molecular weight is 401 g/mol. The van der Waals surface area contributed by atoms with Gasteiger partial charge in [0.25, 0.3) is 0 Å². The van der Waals surface area contributed by atoms with Gasteiger partial charge in [0.15, 0.2) is 17.3 Å². The molecule has 4 rings (SSSR count). The fourth-order valence-electron chi connectivity index (χ4n) is 3.44. The minimum absolute atomic E-state index is 0.0374. The number of H-pyrrole nitrogens is 1. The van der Waals surface area contributed by atoms with Crippen LogP contribution in [-0.4, -0.2) is 60.1 Å². The molecule has 3 heterocycles. The van der Waals surface area contributed by atoms with Gasteiger partial charge in [-0.1, -0.05) is 0 Å². The summed E-state index contributed by atoms with van der Waals surface area (Å²) in [5.74, 6) is 1.93. The number of rotatable bonds is 5. The molecule has 1 aliphatic heterocycles. The number of benzene rings is 1. The van der Waals surface area contributed by atoms with E-state index < -0.39 is 0 Å². The number of amides is 1. The Morgan fingerprint density at radius 3 is 2.68 bits per heavy atom. The quantitative estimate of drug-likeness (QED) is 0.683. The number of anilines is 1. The van der Waals surface area contributed by atoms with Crippen LogP contribution in [0, 0.1) is 5.92 Å². The highest BCUT2D eigenvalue weighted by Gasteiger charge is 2.25. The van der Waals surface area contributed by atoms with E-state index in [0.717, 1.165) is 37.0 Å². The van der Waals surface area contributed by atoms with Gasteiger partial charge >= 0.3 is 0 Å². The summed E-state index contributed by atoms with van der Waals surface area (Å²) in [6, 6.07) is 3.66. The van der Waals surface area contributed by atoms with E-state index in [1.54, 1.807) is 19.7 Å². The van der Waals surface area contributed by atoms with Crippen LogP contribution in [0.5, 0.6) is 11.5 Å². The number of aromatic amines is 1. The molecule has 0 spiro atoms. The lowest BCUT2D eigenvalue weighted by Gasteiger charge is -2.27. The maximum absolute atomic E-state index is 12.7. The Balaban J connectivity index is 1.59. The lowest BCUT2D eigenvalue weighted by atomic mass is 9.96. The molecule has 0 saturated carbocycles. The van der Waals surface area contributed by atoms with E-state index in [9.17, 15) is 4.79 Å². The van der Waals surface area contributed by atoms with Crippen molar-refractivity contribution in [1.82, 2.24) is 19.9 Å². The summed E-state index contributed by atoms with van der Waals surface area (Å²) in [6.07, 6.45) is 1.75. The van der Waals surface area contributed by atoms with Crippen molar-refractivity contribution in [3.8, 4) is 23.0 Å². The molecule has 148 valence electrons. The number of imidazole rings is 1. The Bertz CT molecular complexity index is 950. The van der Waals surface area contributed by atoms with Crippen molar-refractivity contribution in [1.29, 1.82) is 0 Å². The predicted octanol–water partition coefficient (Wildman–Crippen LogP) is 2.98. The Hall–Kier alpha value is -2.65. The van der Waals surface area contributed by atoms with Gasteiger partial charge in [-0.25, -0.2) is 9.97 Å². The van der Waals surface area contributed by atoms with Gasteiger partial charge in [-0.2, -0.15) is 0 Å². The second-order valence-corrected chi connectivity index (χ2v) is 7.76. The molecule has 0 unspecified atom stereocenters. The molecule has 1 fully saturated rings. The van der Waals surface area contributed by atoms with E-state index in [-0.39, 0.29) is 11.8 Å². The number of fused-ring (bicyclic) bond motifs is 1. The standard InChI is InChI=1S/C19H23N5O3S/c1-24-6-4-11(5-7-24)18(25)23-19-16(20-10-28-19)17-21-12-8-14(26-2)15(27-3)9-13(12)22-17/h8-11H,4-7H2,1-3H3,(H,21,22)(H,23,25). The van der Waals surface area contributed by atoms with Gasteiger partial charge in [0.05, 0.1) is 30.8 Å². The minimum Gasteiger partial charge on any atom is -0.493 e. The third-order valence-corrected chi connectivity index (χ3v) is 5.85. The van der Waals surface area contributed by atoms with Crippen molar-refractivity contribution in [3.63, 3.8) is 0 Å². The number of nitrogens with one attached hydrogen (secondary N) is 2. The van der Waals surface area contributed by atoms with Crippen molar-refractivity contribution >= 4 is 33.3 Å². The number of nitrogens with zero attached hydrogens (tertiary/aromatic N) is 3. The molecule has 1 saturated heterocycles. The molecular weight excluding hydrogens is 378 g/mol. The fraction of sp³-hybridized carbons (Fsp3) is 0.421. The highest BCUT2D eigenvalue weighted by Crippen LogP contribution is 2.35. The first-order valence-corrected chi connectivity index (χ1v) is 10.0. The molecule has 0 atom stereocenters. The van der Waals surface area contributed by atoms with Crippen LogP contribution < -0.4 is 14.8 Å². The number of likely N-dealkylation sites (tertiary alicyclic amines) is 1. The predicted molar refractivity (Wildman–Crippen MR) is 109 cm³/mol. The zero-order valence-electron chi connectivity index (χ0n) is 16.1. The fourth-order valence-corrected chi connectivity index (χ4v) is 4.12. The highest BCUT2D eigenvalue weighted by atomic mass is 32.1. The minimum atomic E-state index is 0.0374. The summed E-state index contributed by atoms with van der Waals surface area (Å²) < 4.78 is 10.7. The Morgan fingerprint density at radius 1 is 1.25 bits per heavy atom. The van der Waals surface area contributed by atoms with Crippen molar-refractivity contribution in [2.24, 2.45) is 5.92 Å².